The summed E-state index contributed by atoms with van der Waals surface area (Å²) in [5, 5.41) is 9.87. The van der Waals surface area contributed by atoms with Crippen molar-refractivity contribution in [2.75, 3.05) is 18.5 Å². The highest BCUT2D eigenvalue weighted by atomic mass is 16.5. The van der Waals surface area contributed by atoms with Crippen LogP contribution in [0.3, 0.4) is 0 Å². The zero-order valence-electron chi connectivity index (χ0n) is 20.8. The molecule has 4 aliphatic heterocycles. The van der Waals surface area contributed by atoms with Crippen LogP contribution in [-0.2, 0) is 23.9 Å². The van der Waals surface area contributed by atoms with E-state index in [9.17, 15) is 14.4 Å². The summed E-state index contributed by atoms with van der Waals surface area (Å²) in [6.45, 7) is 4.51. The molecule has 1 aromatic heterocycles. The van der Waals surface area contributed by atoms with Crippen LogP contribution in [0, 0.1) is 18.8 Å². The molecule has 5 heterocycles. The lowest BCUT2D eigenvalue weighted by Crippen LogP contribution is -2.57. The van der Waals surface area contributed by atoms with Gasteiger partial charge in [0.15, 0.2) is 5.82 Å². The van der Waals surface area contributed by atoms with E-state index < -0.39 is 29.1 Å². The summed E-state index contributed by atoms with van der Waals surface area (Å²) in [4.78, 5) is 43.1. The number of carbonyl (C=O) groups excluding carboxylic acids is 3. The highest BCUT2D eigenvalue weighted by Gasteiger charge is 2.76. The number of nitrogens with one attached hydrogen (secondary N) is 2. The van der Waals surface area contributed by atoms with E-state index in [1.165, 1.54) is 6.42 Å². The number of nitrogens with zero attached hydrogens (tertiary/aromatic N) is 2. The molecule has 0 radical (unpaired) electrons. The Labute approximate surface area is 210 Å². The maximum absolute atomic E-state index is 14.0. The zero-order chi connectivity index (χ0) is 25.1. The molecule has 1 spiro atoms. The van der Waals surface area contributed by atoms with Gasteiger partial charge >= 0.3 is 0 Å². The highest BCUT2D eigenvalue weighted by molar-refractivity contribution is 6.03. The van der Waals surface area contributed by atoms with Crippen LogP contribution >= 0.6 is 0 Å². The standard InChI is InChI=1S/C26H34N4O6/c1-15-13-18(29-35-15)28-22(31)19-20-24(33)30(14-17-9-6-12-34-17)21(26(20)11-10-25(19,2)36-26)23(32)27-16-7-4-3-5-8-16/h10-11,13,16-17,19-21H,3-9,12,14H2,1-2H3,(H,27,32)(H,28,29,31)/t17-,19-,20+,21-,25+,26+/m0/s1. The lowest BCUT2D eigenvalue weighted by molar-refractivity contribution is -0.145. The number of hydrogen-bond donors (Lipinski definition) is 2. The Bertz CT molecular complexity index is 1090. The molecule has 2 bridgehead atoms. The quantitative estimate of drug-likeness (QED) is 0.576. The van der Waals surface area contributed by atoms with Gasteiger partial charge in [-0.1, -0.05) is 36.6 Å². The Morgan fingerprint density at radius 2 is 1.94 bits per heavy atom. The number of aromatic nitrogens is 1. The molecule has 1 saturated carbocycles. The Kier molecular flexibility index (Phi) is 5.71. The SMILES string of the molecule is Cc1cc(NC(=O)[C@@H]2[C@@H]3C(=O)N(C[C@@H]4CCCO4)[C@@H](C(=O)NC4CCCCC4)[C@@]34C=C[C@@]2(C)O4)no1. The van der Waals surface area contributed by atoms with E-state index >= 15 is 0 Å². The summed E-state index contributed by atoms with van der Waals surface area (Å²) < 4.78 is 17.5. The Morgan fingerprint density at radius 3 is 2.64 bits per heavy atom. The van der Waals surface area contributed by atoms with Gasteiger partial charge in [-0.15, -0.1) is 0 Å². The Morgan fingerprint density at radius 1 is 1.14 bits per heavy atom. The lowest BCUT2D eigenvalue weighted by atomic mass is 9.70. The van der Waals surface area contributed by atoms with E-state index in [4.69, 9.17) is 14.0 Å². The first-order chi connectivity index (χ1) is 17.3. The third-order valence-corrected chi connectivity index (χ3v) is 8.58. The molecule has 0 aromatic carbocycles. The van der Waals surface area contributed by atoms with Crippen molar-refractivity contribution >= 4 is 23.5 Å². The van der Waals surface area contributed by atoms with E-state index in [0.717, 1.165) is 38.5 Å². The van der Waals surface area contributed by atoms with Crippen molar-refractivity contribution < 1.29 is 28.4 Å². The molecule has 4 fully saturated rings. The van der Waals surface area contributed by atoms with Crippen molar-refractivity contribution in [3.8, 4) is 0 Å². The van der Waals surface area contributed by atoms with E-state index in [0.29, 0.717) is 18.9 Å². The first-order valence-electron chi connectivity index (χ1n) is 13.2. The number of amides is 3. The first kappa shape index (κ1) is 23.7. The maximum Gasteiger partial charge on any atom is 0.246 e. The number of anilines is 1. The molecule has 1 aliphatic carbocycles. The van der Waals surface area contributed by atoms with Gasteiger partial charge in [0, 0.05) is 25.3 Å². The van der Waals surface area contributed by atoms with Gasteiger partial charge in [-0.2, -0.15) is 0 Å². The number of fused-ring (bicyclic) bond motifs is 1. The van der Waals surface area contributed by atoms with Crippen molar-refractivity contribution in [2.24, 2.45) is 11.8 Å². The second-order valence-electron chi connectivity index (χ2n) is 11.1. The van der Waals surface area contributed by atoms with Crippen molar-refractivity contribution in [1.29, 1.82) is 0 Å². The van der Waals surface area contributed by atoms with Crippen LogP contribution in [0.5, 0.6) is 0 Å². The third-order valence-electron chi connectivity index (χ3n) is 8.58. The van der Waals surface area contributed by atoms with Gasteiger partial charge in [0.25, 0.3) is 0 Å². The Balaban J connectivity index is 1.33. The topological polar surface area (TPSA) is 123 Å². The highest BCUT2D eigenvalue weighted by Crippen LogP contribution is 2.60. The lowest BCUT2D eigenvalue weighted by Gasteiger charge is -2.35. The number of hydrogen-bond acceptors (Lipinski definition) is 7. The molecular weight excluding hydrogens is 464 g/mol. The fourth-order valence-electron chi connectivity index (χ4n) is 6.99. The molecule has 10 heteroatoms. The predicted molar refractivity (Wildman–Crippen MR) is 128 cm³/mol. The fourth-order valence-corrected chi connectivity index (χ4v) is 6.99. The number of likely N-dealkylation sites (tertiary alicyclic amines) is 1. The van der Waals surface area contributed by atoms with Crippen molar-refractivity contribution in [3.05, 3.63) is 24.0 Å². The van der Waals surface area contributed by atoms with Crippen LogP contribution in [0.2, 0.25) is 0 Å². The molecule has 3 amide bonds. The van der Waals surface area contributed by atoms with Gasteiger partial charge in [0.2, 0.25) is 17.7 Å². The second kappa shape index (κ2) is 8.69. The molecule has 194 valence electrons. The van der Waals surface area contributed by atoms with Crippen LogP contribution in [0.25, 0.3) is 0 Å². The molecule has 6 rings (SSSR count). The number of ether oxygens (including phenoxy) is 2. The summed E-state index contributed by atoms with van der Waals surface area (Å²) in [6, 6.07) is 0.862. The molecule has 0 unspecified atom stereocenters. The fraction of sp³-hybridized carbons (Fsp3) is 0.692. The minimum absolute atomic E-state index is 0.0917. The number of aryl methyl sites for hydroxylation is 1. The van der Waals surface area contributed by atoms with Gasteiger partial charge < -0.3 is 29.5 Å². The summed E-state index contributed by atoms with van der Waals surface area (Å²) in [7, 11) is 0. The van der Waals surface area contributed by atoms with Gasteiger partial charge in [-0.05, 0) is 39.5 Å². The number of carbonyl (C=O) groups is 3. The monoisotopic (exact) mass is 498 g/mol. The first-order valence-corrected chi connectivity index (χ1v) is 13.2. The van der Waals surface area contributed by atoms with Gasteiger partial charge in [-0.3, -0.25) is 14.4 Å². The summed E-state index contributed by atoms with van der Waals surface area (Å²) in [5.74, 6) is -1.60. The van der Waals surface area contributed by atoms with E-state index in [1.807, 2.05) is 19.1 Å². The summed E-state index contributed by atoms with van der Waals surface area (Å²) in [6.07, 6.45) is 10.5. The molecule has 5 aliphatic rings. The van der Waals surface area contributed by atoms with Crippen molar-refractivity contribution in [1.82, 2.24) is 15.4 Å². The minimum Gasteiger partial charge on any atom is -0.376 e. The summed E-state index contributed by atoms with van der Waals surface area (Å²) >= 11 is 0. The van der Waals surface area contributed by atoms with Crippen LogP contribution in [0.1, 0.15) is 57.6 Å². The van der Waals surface area contributed by atoms with Crippen molar-refractivity contribution in [2.45, 2.75) is 88.2 Å². The van der Waals surface area contributed by atoms with Crippen molar-refractivity contribution in [3.63, 3.8) is 0 Å². The Hall–Kier alpha value is -2.72. The molecule has 6 atom stereocenters. The van der Waals surface area contributed by atoms with Crippen LogP contribution in [0.15, 0.2) is 22.7 Å². The average Bonchev–Trinajstić information content (AvgIpc) is 3.64. The van der Waals surface area contributed by atoms with Crippen LogP contribution in [-0.4, -0.2) is 70.3 Å². The molecular formula is C26H34N4O6. The van der Waals surface area contributed by atoms with Crippen LogP contribution < -0.4 is 10.6 Å². The third kappa shape index (κ3) is 3.68. The molecule has 2 N–H and O–H groups in total. The van der Waals surface area contributed by atoms with Gasteiger partial charge in [-0.25, -0.2) is 0 Å². The smallest absolute Gasteiger partial charge is 0.246 e. The van der Waals surface area contributed by atoms with Gasteiger partial charge in [0.05, 0.1) is 23.5 Å². The predicted octanol–water partition coefficient (Wildman–Crippen LogP) is 2.09. The molecule has 3 saturated heterocycles. The van der Waals surface area contributed by atoms with E-state index in [2.05, 4.69) is 15.8 Å². The number of rotatable bonds is 6. The van der Waals surface area contributed by atoms with Gasteiger partial charge in [0.1, 0.15) is 17.4 Å². The molecule has 10 nitrogen and oxygen atoms in total. The average molecular weight is 499 g/mol. The zero-order valence-corrected chi connectivity index (χ0v) is 20.8. The van der Waals surface area contributed by atoms with Crippen LogP contribution in [0.4, 0.5) is 5.82 Å². The maximum atomic E-state index is 14.0. The van der Waals surface area contributed by atoms with E-state index in [1.54, 1.807) is 17.9 Å². The normalized spacial score (nSPS) is 37.5. The molecule has 1 aromatic rings. The molecule has 36 heavy (non-hydrogen) atoms. The minimum atomic E-state index is -1.20. The second-order valence-corrected chi connectivity index (χ2v) is 11.1. The largest absolute Gasteiger partial charge is 0.376 e. The summed E-state index contributed by atoms with van der Waals surface area (Å²) in [5.41, 5.74) is -2.21. The van der Waals surface area contributed by atoms with E-state index in [-0.39, 0.29) is 35.7 Å².